The molecule has 1 atom stereocenters. The minimum absolute atomic E-state index is 0.0106. The lowest BCUT2D eigenvalue weighted by molar-refractivity contribution is -0.141. The number of carbonyl (C=O) groups excluding carboxylic acids is 2. The maximum Gasteiger partial charge on any atom is 0.321 e. The zero-order valence-electron chi connectivity index (χ0n) is 19.6. The number of nitrogens with zero attached hydrogens (tertiary/aromatic N) is 3. The van der Waals surface area contributed by atoms with Gasteiger partial charge in [-0.05, 0) is 49.3 Å². The molecule has 0 bridgehead atoms. The Balaban J connectivity index is 1.45. The summed E-state index contributed by atoms with van der Waals surface area (Å²) in [5.74, 6) is 0.916. The highest BCUT2D eigenvalue weighted by atomic mass is 16.2. The van der Waals surface area contributed by atoms with E-state index in [2.05, 4.69) is 43.1 Å². The topological polar surface area (TPSA) is 55.9 Å². The van der Waals surface area contributed by atoms with Crippen molar-refractivity contribution in [3.8, 4) is 0 Å². The van der Waals surface area contributed by atoms with Crippen LogP contribution in [0.15, 0.2) is 24.3 Å². The van der Waals surface area contributed by atoms with E-state index in [-0.39, 0.29) is 16.9 Å². The highest BCUT2D eigenvalue weighted by Gasteiger charge is 2.64. The molecule has 3 saturated heterocycles. The van der Waals surface area contributed by atoms with Crippen LogP contribution in [0, 0.1) is 16.7 Å². The number of likely N-dealkylation sites (tertiary alicyclic amines) is 3. The Morgan fingerprint density at radius 3 is 2.29 bits per heavy atom. The molecule has 6 nitrogen and oxygen atoms in total. The highest BCUT2D eigenvalue weighted by molar-refractivity contribution is 5.89. The van der Waals surface area contributed by atoms with Crippen LogP contribution >= 0.6 is 0 Å². The van der Waals surface area contributed by atoms with Crippen molar-refractivity contribution in [2.24, 2.45) is 16.7 Å². The van der Waals surface area contributed by atoms with E-state index in [4.69, 9.17) is 0 Å². The van der Waals surface area contributed by atoms with Gasteiger partial charge in [-0.2, -0.15) is 0 Å². The van der Waals surface area contributed by atoms with Gasteiger partial charge in [0.2, 0.25) is 5.91 Å². The number of aryl methyl sites for hydroxylation is 1. The monoisotopic (exact) mass is 426 g/mol. The fourth-order valence-corrected chi connectivity index (χ4v) is 6.20. The van der Waals surface area contributed by atoms with Crippen molar-refractivity contribution in [2.45, 2.75) is 46.5 Å². The molecule has 6 heteroatoms. The fourth-order valence-electron chi connectivity index (χ4n) is 6.20. The van der Waals surface area contributed by atoms with Crippen LogP contribution in [0.2, 0.25) is 0 Å². The summed E-state index contributed by atoms with van der Waals surface area (Å²) in [6.45, 7) is 11.8. The van der Waals surface area contributed by atoms with Gasteiger partial charge in [0.25, 0.3) is 0 Å². The molecule has 0 unspecified atom stereocenters. The molecule has 2 spiro atoms. The third-order valence-electron chi connectivity index (χ3n) is 7.91. The third kappa shape index (κ3) is 3.95. The highest BCUT2D eigenvalue weighted by Crippen LogP contribution is 2.57. The number of urea groups is 1. The van der Waals surface area contributed by atoms with E-state index in [1.807, 2.05) is 29.0 Å². The van der Waals surface area contributed by atoms with Gasteiger partial charge in [0, 0.05) is 57.4 Å². The molecule has 0 radical (unpaired) electrons. The van der Waals surface area contributed by atoms with Crippen molar-refractivity contribution in [1.29, 1.82) is 0 Å². The predicted octanol–water partition coefficient (Wildman–Crippen LogP) is 3.68. The van der Waals surface area contributed by atoms with Crippen LogP contribution in [0.25, 0.3) is 0 Å². The summed E-state index contributed by atoms with van der Waals surface area (Å²) >= 11 is 0. The number of benzene rings is 1. The van der Waals surface area contributed by atoms with E-state index in [0.29, 0.717) is 24.9 Å². The number of anilines is 1. The molecule has 0 aliphatic carbocycles. The summed E-state index contributed by atoms with van der Waals surface area (Å²) < 4.78 is 0. The molecule has 1 aromatic rings. The maximum absolute atomic E-state index is 13.3. The molecule has 3 fully saturated rings. The molecule has 0 aromatic heterocycles. The number of nitrogens with one attached hydrogen (secondary N) is 1. The number of rotatable bonds is 4. The Kier molecular flexibility index (Phi) is 6.03. The average molecular weight is 427 g/mol. The van der Waals surface area contributed by atoms with Crippen LogP contribution < -0.4 is 5.32 Å². The minimum Gasteiger partial charge on any atom is -0.345 e. The van der Waals surface area contributed by atoms with Crippen LogP contribution in [0.3, 0.4) is 0 Å². The first kappa shape index (κ1) is 22.1. The standard InChI is InChI=1S/C25H38N4O2/c1-5-20-6-8-21(9-7-20)26-23(31)29-14-10-24(11-15-29)17-28(16-19(2)3)18-25(24)12-13-27(4)22(25)30/h6-9,19H,5,10-18H2,1-4H3,(H,26,31)/t25-/m0/s1. The molecule has 0 saturated carbocycles. The largest absolute Gasteiger partial charge is 0.345 e. The van der Waals surface area contributed by atoms with E-state index >= 15 is 0 Å². The molecule has 3 amide bonds. The predicted molar refractivity (Wildman–Crippen MR) is 124 cm³/mol. The Labute approximate surface area is 187 Å². The molecular weight excluding hydrogens is 388 g/mol. The second kappa shape index (κ2) is 8.45. The summed E-state index contributed by atoms with van der Waals surface area (Å²) in [5, 5.41) is 3.06. The number of hydrogen-bond donors (Lipinski definition) is 1. The molecule has 4 rings (SSSR count). The Hall–Kier alpha value is -2.08. The third-order valence-corrected chi connectivity index (χ3v) is 7.91. The molecule has 3 aliphatic rings. The SMILES string of the molecule is CCc1ccc(NC(=O)N2CCC3(CC2)CN(CC(C)C)C[C@]32CCN(C)C2=O)cc1. The van der Waals surface area contributed by atoms with Crippen molar-refractivity contribution in [1.82, 2.24) is 14.7 Å². The van der Waals surface area contributed by atoms with Crippen LogP contribution in [0.5, 0.6) is 0 Å². The Bertz CT molecular complexity index is 813. The molecule has 3 aliphatic heterocycles. The van der Waals surface area contributed by atoms with Gasteiger partial charge in [-0.15, -0.1) is 0 Å². The van der Waals surface area contributed by atoms with Gasteiger partial charge in [0.15, 0.2) is 0 Å². The number of piperidine rings is 1. The molecule has 3 heterocycles. The molecular formula is C25H38N4O2. The lowest BCUT2D eigenvalue weighted by Crippen LogP contribution is -2.54. The zero-order valence-corrected chi connectivity index (χ0v) is 19.6. The van der Waals surface area contributed by atoms with E-state index in [1.54, 1.807) is 0 Å². The maximum atomic E-state index is 13.3. The van der Waals surface area contributed by atoms with Crippen molar-refractivity contribution in [3.05, 3.63) is 29.8 Å². The van der Waals surface area contributed by atoms with Crippen LogP contribution in [0.4, 0.5) is 10.5 Å². The quantitative estimate of drug-likeness (QED) is 0.799. The smallest absolute Gasteiger partial charge is 0.321 e. The second-order valence-electron chi connectivity index (χ2n) is 10.4. The lowest BCUT2D eigenvalue weighted by Gasteiger charge is -2.46. The van der Waals surface area contributed by atoms with Crippen LogP contribution in [0.1, 0.15) is 45.6 Å². The van der Waals surface area contributed by atoms with Gasteiger partial charge in [0.05, 0.1) is 5.41 Å². The van der Waals surface area contributed by atoms with Gasteiger partial charge < -0.3 is 20.0 Å². The first-order valence-electron chi connectivity index (χ1n) is 11.9. The van der Waals surface area contributed by atoms with Gasteiger partial charge >= 0.3 is 6.03 Å². The lowest BCUT2D eigenvalue weighted by atomic mass is 9.60. The van der Waals surface area contributed by atoms with Gasteiger partial charge in [-0.1, -0.05) is 32.9 Å². The zero-order chi connectivity index (χ0) is 22.2. The summed E-state index contributed by atoms with van der Waals surface area (Å²) in [6.07, 6.45) is 3.76. The number of fused-ring (bicyclic) bond motifs is 1. The summed E-state index contributed by atoms with van der Waals surface area (Å²) in [4.78, 5) is 32.6. The van der Waals surface area contributed by atoms with E-state index in [9.17, 15) is 9.59 Å². The first-order valence-corrected chi connectivity index (χ1v) is 11.9. The summed E-state index contributed by atoms with van der Waals surface area (Å²) in [7, 11) is 1.95. The van der Waals surface area contributed by atoms with E-state index in [0.717, 1.165) is 57.5 Å². The minimum atomic E-state index is -0.269. The van der Waals surface area contributed by atoms with Crippen LogP contribution in [-0.4, -0.2) is 73.0 Å². The Morgan fingerprint density at radius 1 is 1.06 bits per heavy atom. The van der Waals surface area contributed by atoms with Crippen molar-refractivity contribution in [2.75, 3.05) is 51.6 Å². The van der Waals surface area contributed by atoms with Crippen molar-refractivity contribution < 1.29 is 9.59 Å². The molecule has 1 N–H and O–H groups in total. The second-order valence-corrected chi connectivity index (χ2v) is 10.4. The molecule has 170 valence electrons. The van der Waals surface area contributed by atoms with Gasteiger partial charge in [0.1, 0.15) is 0 Å². The van der Waals surface area contributed by atoms with Crippen molar-refractivity contribution in [3.63, 3.8) is 0 Å². The summed E-state index contributed by atoms with van der Waals surface area (Å²) in [5.41, 5.74) is 1.83. The first-order chi connectivity index (χ1) is 14.8. The van der Waals surface area contributed by atoms with E-state index in [1.165, 1.54) is 5.56 Å². The van der Waals surface area contributed by atoms with Gasteiger partial charge in [-0.25, -0.2) is 4.79 Å². The fraction of sp³-hybridized carbons (Fsp3) is 0.680. The van der Waals surface area contributed by atoms with Crippen LogP contribution in [-0.2, 0) is 11.2 Å². The Morgan fingerprint density at radius 2 is 1.74 bits per heavy atom. The number of hydrogen-bond acceptors (Lipinski definition) is 3. The number of carbonyl (C=O) groups is 2. The normalized spacial score (nSPS) is 25.9. The van der Waals surface area contributed by atoms with E-state index < -0.39 is 0 Å². The molecule has 1 aromatic carbocycles. The molecule has 31 heavy (non-hydrogen) atoms. The number of amides is 3. The summed E-state index contributed by atoms with van der Waals surface area (Å²) in [6, 6.07) is 8.05. The average Bonchev–Trinajstić information content (AvgIpc) is 3.20. The van der Waals surface area contributed by atoms with Gasteiger partial charge in [-0.3, -0.25) is 4.79 Å². The van der Waals surface area contributed by atoms with Crippen molar-refractivity contribution >= 4 is 17.6 Å².